The average Bonchev–Trinajstić information content (AvgIpc) is 3.44. The minimum absolute atomic E-state index is 0.235. The molecule has 0 saturated carbocycles. The fourth-order valence-electron chi connectivity index (χ4n) is 4.67. The van der Waals surface area contributed by atoms with Crippen LogP contribution in [-0.4, -0.2) is 69.8 Å². The maximum Gasteiger partial charge on any atom is 0.407 e. The van der Waals surface area contributed by atoms with E-state index in [0.29, 0.717) is 30.1 Å². The zero-order chi connectivity index (χ0) is 33.5. The molecule has 3 unspecified atom stereocenters. The summed E-state index contributed by atoms with van der Waals surface area (Å²) in [6.07, 6.45) is -1.11. The second-order valence-corrected chi connectivity index (χ2v) is 13.0. The first-order chi connectivity index (χ1) is 21.0. The van der Waals surface area contributed by atoms with Crippen molar-refractivity contribution in [1.29, 1.82) is 0 Å². The summed E-state index contributed by atoms with van der Waals surface area (Å²) in [6, 6.07) is 6.65. The molecule has 1 saturated heterocycles. The lowest BCUT2D eigenvalue weighted by molar-refractivity contribution is -0.139. The predicted molar refractivity (Wildman–Crippen MR) is 161 cm³/mol. The van der Waals surface area contributed by atoms with Crippen LogP contribution in [0.5, 0.6) is 5.75 Å². The molecule has 0 spiro atoms. The summed E-state index contributed by atoms with van der Waals surface area (Å²) in [7, 11) is 0. The number of alkyl carbamates (subject to hydrolysis) is 1. The summed E-state index contributed by atoms with van der Waals surface area (Å²) in [5, 5.41) is 13.5. The van der Waals surface area contributed by atoms with Crippen LogP contribution in [-0.2, 0) is 31.1 Å². The van der Waals surface area contributed by atoms with E-state index in [1.807, 2.05) is 13.8 Å². The number of ether oxygens (including phenoxy) is 2. The van der Waals surface area contributed by atoms with Gasteiger partial charge in [-0.05, 0) is 69.9 Å². The van der Waals surface area contributed by atoms with Crippen LogP contribution >= 0.6 is 11.8 Å². The number of thioether (sulfide) groups is 1. The Balaban J connectivity index is 1.76. The molecule has 3 amide bonds. The molecule has 10 nitrogen and oxygen atoms in total. The Morgan fingerprint density at radius 3 is 2.29 bits per heavy atom. The van der Waals surface area contributed by atoms with Crippen LogP contribution < -0.4 is 15.4 Å². The number of benzene rings is 2. The van der Waals surface area contributed by atoms with Crippen LogP contribution in [0.4, 0.5) is 18.0 Å². The first-order valence-electron chi connectivity index (χ1n) is 14.3. The molecule has 3 atom stereocenters. The predicted octanol–water partition coefficient (Wildman–Crippen LogP) is 4.74. The van der Waals surface area contributed by atoms with Crippen LogP contribution in [0.25, 0.3) is 0 Å². The number of carbonyl (C=O) groups is 4. The van der Waals surface area contributed by atoms with Crippen molar-refractivity contribution >= 4 is 35.6 Å². The average molecular weight is 654 g/mol. The van der Waals surface area contributed by atoms with Crippen LogP contribution in [0.2, 0.25) is 0 Å². The van der Waals surface area contributed by atoms with Gasteiger partial charge in [0.1, 0.15) is 17.2 Å². The number of hydrogen-bond acceptors (Lipinski definition) is 7. The number of halogens is 3. The van der Waals surface area contributed by atoms with Gasteiger partial charge in [0.05, 0.1) is 5.54 Å². The highest BCUT2D eigenvalue weighted by molar-refractivity contribution is 8.00. The smallest absolute Gasteiger partial charge is 0.407 e. The van der Waals surface area contributed by atoms with Gasteiger partial charge in [-0.1, -0.05) is 19.1 Å². The van der Waals surface area contributed by atoms with E-state index in [0.717, 1.165) is 5.56 Å². The summed E-state index contributed by atoms with van der Waals surface area (Å²) in [5.74, 6) is -4.91. The normalized spacial score (nSPS) is 16.8. The van der Waals surface area contributed by atoms with Crippen molar-refractivity contribution in [3.63, 3.8) is 0 Å². The number of carbonyl (C=O) groups excluding carboxylic acids is 3. The molecule has 0 radical (unpaired) electrons. The van der Waals surface area contributed by atoms with E-state index in [1.54, 1.807) is 45.0 Å². The van der Waals surface area contributed by atoms with Crippen molar-refractivity contribution in [3.05, 3.63) is 65.0 Å². The van der Waals surface area contributed by atoms with E-state index in [4.69, 9.17) is 14.6 Å². The number of carboxylic acid groups (broad SMARTS) is 1. The Kier molecular flexibility index (Phi) is 11.8. The van der Waals surface area contributed by atoms with Crippen molar-refractivity contribution in [3.8, 4) is 5.75 Å². The summed E-state index contributed by atoms with van der Waals surface area (Å²) in [6.45, 7) is 8.35. The van der Waals surface area contributed by atoms with Crippen molar-refractivity contribution in [2.75, 3.05) is 18.9 Å². The maximum atomic E-state index is 14.5. The molecule has 1 aliphatic heterocycles. The number of amides is 3. The lowest BCUT2D eigenvalue weighted by Crippen LogP contribution is -2.52. The SMILES string of the molecule is CCC(C)(NC(=O)C1SCCN1C(=O)CC(Cc1cc(F)c(F)cc1F)NC(=O)OC(C)(C)C)c1ccc(OCC(=O)O)cc1. The van der Waals surface area contributed by atoms with E-state index < -0.39 is 70.5 Å². The monoisotopic (exact) mass is 653 g/mol. The van der Waals surface area contributed by atoms with E-state index in [-0.39, 0.29) is 24.9 Å². The van der Waals surface area contributed by atoms with Gasteiger partial charge in [-0.3, -0.25) is 9.59 Å². The summed E-state index contributed by atoms with van der Waals surface area (Å²) >= 11 is 1.26. The van der Waals surface area contributed by atoms with Crippen LogP contribution in [0.3, 0.4) is 0 Å². The minimum atomic E-state index is -1.37. The van der Waals surface area contributed by atoms with E-state index >= 15 is 0 Å². The summed E-state index contributed by atoms with van der Waals surface area (Å²) in [4.78, 5) is 51.8. The molecule has 2 aromatic carbocycles. The fraction of sp³-hybridized carbons (Fsp3) is 0.484. The number of rotatable bonds is 12. The van der Waals surface area contributed by atoms with Crippen molar-refractivity contribution in [2.45, 2.75) is 76.4 Å². The van der Waals surface area contributed by atoms with Gasteiger partial charge in [-0.2, -0.15) is 0 Å². The van der Waals surface area contributed by atoms with Gasteiger partial charge in [0.15, 0.2) is 23.6 Å². The first-order valence-corrected chi connectivity index (χ1v) is 15.4. The van der Waals surface area contributed by atoms with E-state index in [1.165, 1.54) is 16.7 Å². The highest BCUT2D eigenvalue weighted by Crippen LogP contribution is 2.30. The molecule has 3 rings (SSSR count). The Bertz CT molecular complexity index is 1400. The summed E-state index contributed by atoms with van der Waals surface area (Å²) in [5.41, 5.74) is -1.23. The number of aliphatic carboxylic acids is 1. The molecular formula is C31H38F3N3O7S. The molecule has 14 heteroatoms. The van der Waals surface area contributed by atoms with Crippen molar-refractivity contribution in [1.82, 2.24) is 15.5 Å². The Morgan fingerprint density at radius 2 is 1.69 bits per heavy atom. The van der Waals surface area contributed by atoms with Gasteiger partial charge in [-0.25, -0.2) is 22.8 Å². The van der Waals surface area contributed by atoms with Crippen molar-refractivity contribution in [2.24, 2.45) is 0 Å². The highest BCUT2D eigenvalue weighted by atomic mass is 32.2. The maximum absolute atomic E-state index is 14.5. The second kappa shape index (κ2) is 14.9. The van der Waals surface area contributed by atoms with Gasteiger partial charge >= 0.3 is 12.1 Å². The zero-order valence-corrected chi connectivity index (χ0v) is 26.6. The lowest BCUT2D eigenvalue weighted by Gasteiger charge is -2.33. The Hall–Kier alpha value is -3.94. The van der Waals surface area contributed by atoms with E-state index in [2.05, 4.69) is 10.6 Å². The molecular weight excluding hydrogens is 615 g/mol. The third kappa shape index (κ3) is 10.0. The Labute approximate surface area is 264 Å². The van der Waals surface area contributed by atoms with Gasteiger partial charge < -0.3 is 30.1 Å². The van der Waals surface area contributed by atoms with Crippen LogP contribution in [0.1, 0.15) is 58.6 Å². The molecule has 246 valence electrons. The van der Waals surface area contributed by atoms with Gasteiger partial charge in [-0.15, -0.1) is 11.8 Å². The van der Waals surface area contributed by atoms with E-state index in [9.17, 15) is 32.3 Å². The quantitative estimate of drug-likeness (QED) is 0.280. The Morgan fingerprint density at radius 1 is 1.04 bits per heavy atom. The van der Waals surface area contributed by atoms with Gasteiger partial charge in [0, 0.05) is 30.8 Å². The standard InChI is InChI=1S/C31H38F3N3O7S/c1-6-31(5,19-7-9-21(10-8-19)43-17-26(39)40)36-27(41)28-37(11-12-45-28)25(38)15-20(35-29(42)44-30(2,3)4)13-18-14-23(33)24(34)16-22(18)32/h7-10,14,16,20,28H,6,11-13,15,17H2,1-5H3,(H,35,42)(H,36,41)(H,39,40). The number of nitrogens with one attached hydrogen (secondary N) is 2. The molecule has 1 fully saturated rings. The topological polar surface area (TPSA) is 134 Å². The fourth-order valence-corrected chi connectivity index (χ4v) is 5.81. The highest BCUT2D eigenvalue weighted by Gasteiger charge is 2.39. The number of hydrogen-bond donors (Lipinski definition) is 3. The van der Waals surface area contributed by atoms with Crippen molar-refractivity contribution < 1.29 is 46.9 Å². The largest absolute Gasteiger partial charge is 0.482 e. The van der Waals surface area contributed by atoms with Crippen LogP contribution in [0, 0.1) is 17.5 Å². The molecule has 0 aromatic heterocycles. The molecule has 2 aromatic rings. The third-order valence-corrected chi connectivity index (χ3v) is 8.30. The molecule has 1 heterocycles. The summed E-state index contributed by atoms with van der Waals surface area (Å²) < 4.78 is 52.4. The van der Waals surface area contributed by atoms with Gasteiger partial charge in [0.2, 0.25) is 5.91 Å². The second-order valence-electron chi connectivity index (χ2n) is 11.8. The molecule has 0 bridgehead atoms. The van der Waals surface area contributed by atoms with Gasteiger partial charge in [0.25, 0.3) is 5.91 Å². The number of nitrogens with zero attached hydrogens (tertiary/aromatic N) is 1. The molecule has 3 N–H and O–H groups in total. The zero-order valence-electron chi connectivity index (χ0n) is 25.7. The number of carboxylic acids is 1. The first kappa shape index (κ1) is 35.5. The third-order valence-electron chi connectivity index (χ3n) is 7.09. The molecule has 45 heavy (non-hydrogen) atoms. The molecule has 1 aliphatic rings. The minimum Gasteiger partial charge on any atom is -0.482 e. The van der Waals surface area contributed by atoms with Crippen LogP contribution in [0.15, 0.2) is 36.4 Å². The molecule has 0 aliphatic carbocycles. The lowest BCUT2D eigenvalue weighted by atomic mass is 9.89.